The SMILES string of the molecule is COc1cccc(CNCC(O)C(COc2cc(F)cc(F)c2)NC(=O)c2cc(NCC3CC3C)nc(N(C)S(=O)(=O)C(C)C)c2)c1. The van der Waals surface area contributed by atoms with Crippen molar-refractivity contribution in [3.63, 3.8) is 0 Å². The molecule has 1 aliphatic carbocycles. The molecule has 47 heavy (non-hydrogen) atoms. The number of pyridine rings is 1. The van der Waals surface area contributed by atoms with Crippen molar-refractivity contribution in [2.45, 2.75) is 51.1 Å². The van der Waals surface area contributed by atoms with Crippen molar-refractivity contribution in [2.24, 2.45) is 11.8 Å². The summed E-state index contributed by atoms with van der Waals surface area (Å²) in [5, 5.41) is 19.5. The fraction of sp³-hybridized carbons (Fsp3) is 0.455. The standard InChI is InChI=1S/C33H43F2N5O6S/c1-20(2)47(43,44)40(4)32-12-23(11-31(39-32)37-17-24-9-21(24)3)33(42)38-29(19-46-28-14-25(34)13-26(35)15-28)30(41)18-36-16-22-7-6-8-27(10-22)45-5/h6-8,10-15,20-21,24,29-30,36,41H,9,16-19H2,1-5H3,(H,37,39)(H,38,42). The largest absolute Gasteiger partial charge is 0.497 e. The number of aliphatic hydroxyl groups is 1. The zero-order chi connectivity index (χ0) is 34.3. The van der Waals surface area contributed by atoms with Crippen LogP contribution in [0.4, 0.5) is 20.4 Å². The zero-order valence-corrected chi connectivity index (χ0v) is 28.0. The third kappa shape index (κ3) is 9.99. The number of rotatable bonds is 17. The second kappa shape index (κ2) is 15.7. The number of nitrogens with one attached hydrogen (secondary N) is 3. The Hall–Kier alpha value is -4.01. The number of hydrogen-bond donors (Lipinski definition) is 4. The van der Waals surface area contributed by atoms with Crippen LogP contribution in [0.2, 0.25) is 0 Å². The fourth-order valence-corrected chi connectivity index (χ4v) is 5.84. The van der Waals surface area contributed by atoms with Crippen LogP contribution in [-0.4, -0.2) is 75.7 Å². The van der Waals surface area contributed by atoms with Crippen LogP contribution >= 0.6 is 0 Å². The van der Waals surface area contributed by atoms with Crippen LogP contribution in [0, 0.1) is 23.5 Å². The number of amides is 1. The van der Waals surface area contributed by atoms with Crippen LogP contribution in [0.25, 0.3) is 0 Å². The Morgan fingerprint density at radius 1 is 1.11 bits per heavy atom. The number of anilines is 2. The van der Waals surface area contributed by atoms with Crippen LogP contribution in [0.1, 0.15) is 43.1 Å². The number of benzene rings is 2. The molecule has 4 rings (SSSR count). The third-order valence-electron chi connectivity index (χ3n) is 8.06. The Balaban J connectivity index is 1.55. The summed E-state index contributed by atoms with van der Waals surface area (Å²) in [4.78, 5) is 18.2. The van der Waals surface area contributed by atoms with Gasteiger partial charge in [-0.3, -0.25) is 9.10 Å². The van der Waals surface area contributed by atoms with E-state index < -0.39 is 45.0 Å². The highest BCUT2D eigenvalue weighted by atomic mass is 32.2. The maximum absolute atomic E-state index is 13.8. The Morgan fingerprint density at radius 2 is 1.81 bits per heavy atom. The van der Waals surface area contributed by atoms with E-state index in [1.165, 1.54) is 19.2 Å². The smallest absolute Gasteiger partial charge is 0.251 e. The van der Waals surface area contributed by atoms with E-state index in [4.69, 9.17) is 9.47 Å². The van der Waals surface area contributed by atoms with E-state index in [2.05, 4.69) is 27.9 Å². The van der Waals surface area contributed by atoms with E-state index in [0.29, 0.717) is 42.6 Å². The summed E-state index contributed by atoms with van der Waals surface area (Å²) in [6, 6.07) is 11.9. The third-order valence-corrected chi connectivity index (χ3v) is 10.2. The van der Waals surface area contributed by atoms with Gasteiger partial charge < -0.3 is 30.5 Å². The molecule has 11 nitrogen and oxygen atoms in total. The number of carbonyl (C=O) groups is 1. The van der Waals surface area contributed by atoms with Gasteiger partial charge in [0.05, 0.1) is 24.5 Å². The van der Waals surface area contributed by atoms with Gasteiger partial charge in [-0.05, 0) is 61.9 Å². The first-order valence-electron chi connectivity index (χ1n) is 15.4. The molecular weight excluding hydrogens is 632 g/mol. The van der Waals surface area contributed by atoms with Crippen molar-refractivity contribution >= 4 is 27.6 Å². The minimum Gasteiger partial charge on any atom is -0.497 e. The molecule has 0 saturated heterocycles. The molecule has 0 radical (unpaired) electrons. The van der Waals surface area contributed by atoms with Crippen LogP contribution < -0.4 is 29.7 Å². The highest BCUT2D eigenvalue weighted by Gasteiger charge is 2.32. The lowest BCUT2D eigenvalue weighted by Crippen LogP contribution is -2.50. The summed E-state index contributed by atoms with van der Waals surface area (Å²) >= 11 is 0. The molecule has 0 spiro atoms. The molecule has 4 atom stereocenters. The molecule has 2 aromatic carbocycles. The Kier molecular flexibility index (Phi) is 12.0. The summed E-state index contributed by atoms with van der Waals surface area (Å²) in [6.45, 7) is 5.91. The van der Waals surface area contributed by atoms with Gasteiger partial charge in [0.1, 0.15) is 41.4 Å². The molecule has 1 amide bonds. The molecule has 1 aromatic heterocycles. The monoisotopic (exact) mass is 675 g/mol. The van der Waals surface area contributed by atoms with Gasteiger partial charge in [0, 0.05) is 50.4 Å². The fourth-order valence-electron chi connectivity index (χ4n) is 4.85. The summed E-state index contributed by atoms with van der Waals surface area (Å²) in [7, 11) is -0.827. The van der Waals surface area contributed by atoms with Crippen molar-refractivity contribution < 1.29 is 36.6 Å². The summed E-state index contributed by atoms with van der Waals surface area (Å²) in [6.07, 6.45) is -0.148. The number of carbonyl (C=O) groups excluding carboxylic acids is 1. The number of methoxy groups -OCH3 is 1. The molecule has 0 aliphatic heterocycles. The Bertz CT molecular complexity index is 1620. The number of ether oxygens (including phenoxy) is 2. The summed E-state index contributed by atoms with van der Waals surface area (Å²) in [5.41, 5.74) is 0.986. The minimum absolute atomic E-state index is 0.0202. The normalized spacial score (nSPS) is 17.1. The maximum Gasteiger partial charge on any atom is 0.251 e. The summed E-state index contributed by atoms with van der Waals surface area (Å²) in [5.74, 6) is -0.397. The van der Waals surface area contributed by atoms with Crippen LogP contribution in [0.15, 0.2) is 54.6 Å². The predicted molar refractivity (Wildman–Crippen MR) is 176 cm³/mol. The van der Waals surface area contributed by atoms with Crippen molar-refractivity contribution in [1.82, 2.24) is 15.6 Å². The molecule has 14 heteroatoms. The molecule has 3 aromatic rings. The lowest BCUT2D eigenvalue weighted by molar-refractivity contribution is 0.0732. The minimum atomic E-state index is -3.76. The molecule has 1 aliphatic rings. The van der Waals surface area contributed by atoms with Crippen molar-refractivity contribution in [3.05, 3.63) is 77.4 Å². The molecule has 1 heterocycles. The number of halogens is 2. The number of aliphatic hydroxyl groups excluding tert-OH is 1. The van der Waals surface area contributed by atoms with E-state index in [9.17, 15) is 27.1 Å². The van der Waals surface area contributed by atoms with Crippen LogP contribution in [0.5, 0.6) is 11.5 Å². The molecule has 4 N–H and O–H groups in total. The number of aromatic nitrogens is 1. The van der Waals surface area contributed by atoms with Gasteiger partial charge in [0.15, 0.2) is 0 Å². The molecule has 1 saturated carbocycles. The summed E-state index contributed by atoms with van der Waals surface area (Å²) < 4.78 is 65.5. The quantitative estimate of drug-likeness (QED) is 0.167. The number of nitrogens with zero attached hydrogens (tertiary/aromatic N) is 2. The molecule has 1 fully saturated rings. The highest BCUT2D eigenvalue weighted by Crippen LogP contribution is 2.37. The lowest BCUT2D eigenvalue weighted by atomic mass is 10.1. The zero-order valence-electron chi connectivity index (χ0n) is 27.2. The lowest BCUT2D eigenvalue weighted by Gasteiger charge is -2.26. The molecule has 256 valence electrons. The van der Waals surface area contributed by atoms with E-state index in [-0.39, 0.29) is 30.3 Å². The van der Waals surface area contributed by atoms with E-state index >= 15 is 0 Å². The highest BCUT2D eigenvalue weighted by molar-refractivity contribution is 7.93. The van der Waals surface area contributed by atoms with Crippen molar-refractivity contribution in [1.29, 1.82) is 0 Å². The first kappa shape index (κ1) is 35.8. The Labute approximate surface area is 274 Å². The van der Waals surface area contributed by atoms with E-state index in [0.717, 1.165) is 28.4 Å². The Morgan fingerprint density at radius 3 is 2.45 bits per heavy atom. The van der Waals surface area contributed by atoms with E-state index in [1.807, 2.05) is 24.3 Å². The second-order valence-corrected chi connectivity index (χ2v) is 14.6. The van der Waals surface area contributed by atoms with Gasteiger partial charge in [-0.15, -0.1) is 0 Å². The average Bonchev–Trinajstić information content (AvgIpc) is 3.75. The van der Waals surface area contributed by atoms with Crippen LogP contribution in [0.3, 0.4) is 0 Å². The van der Waals surface area contributed by atoms with Crippen molar-refractivity contribution in [3.8, 4) is 11.5 Å². The van der Waals surface area contributed by atoms with Gasteiger partial charge in [-0.25, -0.2) is 22.2 Å². The van der Waals surface area contributed by atoms with Crippen molar-refractivity contribution in [2.75, 3.05) is 43.5 Å². The van der Waals surface area contributed by atoms with E-state index in [1.54, 1.807) is 21.0 Å². The number of hydrogen-bond acceptors (Lipinski definition) is 9. The van der Waals surface area contributed by atoms with Crippen LogP contribution in [-0.2, 0) is 16.6 Å². The van der Waals surface area contributed by atoms with Gasteiger partial charge in [-0.2, -0.15) is 0 Å². The average molecular weight is 676 g/mol. The molecular formula is C33H43F2N5O6S. The topological polar surface area (TPSA) is 142 Å². The first-order valence-corrected chi connectivity index (χ1v) is 16.9. The van der Waals surface area contributed by atoms with Gasteiger partial charge in [0.2, 0.25) is 10.0 Å². The van der Waals surface area contributed by atoms with Gasteiger partial charge in [-0.1, -0.05) is 19.1 Å². The molecule has 4 unspecified atom stereocenters. The predicted octanol–water partition coefficient (Wildman–Crippen LogP) is 3.94. The second-order valence-electron chi connectivity index (χ2n) is 12.1. The maximum atomic E-state index is 13.8. The number of sulfonamides is 1. The van der Waals surface area contributed by atoms with Gasteiger partial charge in [0.25, 0.3) is 5.91 Å². The van der Waals surface area contributed by atoms with Gasteiger partial charge >= 0.3 is 0 Å². The first-order chi connectivity index (χ1) is 22.3. The molecule has 0 bridgehead atoms.